The summed E-state index contributed by atoms with van der Waals surface area (Å²) in [6.45, 7) is 4.76. The van der Waals surface area contributed by atoms with Gasteiger partial charge in [-0.3, -0.25) is 9.48 Å². The second-order valence-electron chi connectivity index (χ2n) is 7.14. The van der Waals surface area contributed by atoms with Gasteiger partial charge in [-0.05, 0) is 32.3 Å². The first-order valence-electron chi connectivity index (χ1n) is 9.45. The van der Waals surface area contributed by atoms with Gasteiger partial charge in [-0.15, -0.1) is 0 Å². The van der Waals surface area contributed by atoms with Crippen molar-refractivity contribution in [2.45, 2.75) is 44.6 Å². The molecule has 2 aromatic rings. The third kappa shape index (κ3) is 4.86. The van der Waals surface area contributed by atoms with Gasteiger partial charge in [0.05, 0.1) is 7.11 Å². The van der Waals surface area contributed by atoms with Gasteiger partial charge >= 0.3 is 0 Å². The van der Waals surface area contributed by atoms with E-state index in [4.69, 9.17) is 9.47 Å². The lowest BCUT2D eigenvalue weighted by atomic mass is 9.73. The molecule has 1 saturated heterocycles. The minimum absolute atomic E-state index is 0.0626. The average molecular weight is 372 g/mol. The number of ether oxygens (including phenoxy) is 2. The summed E-state index contributed by atoms with van der Waals surface area (Å²) in [7, 11) is 1.70. The van der Waals surface area contributed by atoms with Crippen molar-refractivity contribution in [2.24, 2.45) is 0 Å². The van der Waals surface area contributed by atoms with E-state index in [1.165, 1.54) is 11.9 Å². The van der Waals surface area contributed by atoms with Gasteiger partial charge in [-0.1, -0.05) is 17.7 Å². The van der Waals surface area contributed by atoms with Gasteiger partial charge in [0, 0.05) is 43.7 Å². The molecule has 0 aliphatic carbocycles. The van der Waals surface area contributed by atoms with Gasteiger partial charge in [-0.25, -0.2) is 4.98 Å². The molecular formula is C20H28N4O3. The fraction of sp³-hybridized carbons (Fsp3) is 0.550. The fourth-order valence-corrected chi connectivity index (χ4v) is 3.65. The van der Waals surface area contributed by atoms with Crippen LogP contribution >= 0.6 is 0 Å². The zero-order chi connectivity index (χ0) is 19.1. The lowest BCUT2D eigenvalue weighted by molar-refractivity contribution is -0.121. The van der Waals surface area contributed by atoms with Crippen LogP contribution in [0.2, 0.25) is 0 Å². The highest BCUT2D eigenvalue weighted by Crippen LogP contribution is 2.40. The molecule has 27 heavy (non-hydrogen) atoms. The molecular weight excluding hydrogens is 344 g/mol. The maximum Gasteiger partial charge on any atom is 0.220 e. The van der Waals surface area contributed by atoms with E-state index < -0.39 is 0 Å². The third-order valence-corrected chi connectivity index (χ3v) is 5.26. The molecule has 7 heteroatoms. The van der Waals surface area contributed by atoms with E-state index in [9.17, 15) is 4.79 Å². The van der Waals surface area contributed by atoms with Crippen LogP contribution in [0.15, 0.2) is 30.9 Å². The smallest absolute Gasteiger partial charge is 0.220 e. The Bertz CT molecular complexity index is 740. The molecule has 1 amide bonds. The molecule has 2 heterocycles. The van der Waals surface area contributed by atoms with Gasteiger partial charge in [0.2, 0.25) is 5.91 Å². The Morgan fingerprint density at radius 1 is 1.37 bits per heavy atom. The molecule has 0 radical (unpaired) electrons. The Morgan fingerprint density at radius 2 is 2.19 bits per heavy atom. The van der Waals surface area contributed by atoms with Gasteiger partial charge in [0.1, 0.15) is 18.4 Å². The van der Waals surface area contributed by atoms with Crippen molar-refractivity contribution in [1.82, 2.24) is 20.1 Å². The number of rotatable bonds is 8. The molecule has 1 aromatic carbocycles. The molecule has 1 aliphatic rings. The van der Waals surface area contributed by atoms with Gasteiger partial charge < -0.3 is 14.8 Å². The van der Waals surface area contributed by atoms with Gasteiger partial charge in [0.15, 0.2) is 0 Å². The summed E-state index contributed by atoms with van der Waals surface area (Å²) in [5.41, 5.74) is 2.20. The normalized spacial score (nSPS) is 16.1. The quantitative estimate of drug-likeness (QED) is 0.769. The number of aromatic nitrogens is 3. The number of nitrogens with zero attached hydrogens (tertiary/aromatic N) is 3. The first kappa shape index (κ1) is 19.4. The Kier molecular flexibility index (Phi) is 6.45. The maximum atomic E-state index is 12.4. The van der Waals surface area contributed by atoms with Crippen LogP contribution in [0.3, 0.4) is 0 Å². The summed E-state index contributed by atoms with van der Waals surface area (Å²) in [4.78, 5) is 16.3. The largest absolute Gasteiger partial charge is 0.496 e. The van der Waals surface area contributed by atoms with Gasteiger partial charge in [0.25, 0.3) is 0 Å². The molecule has 3 rings (SSSR count). The third-order valence-electron chi connectivity index (χ3n) is 5.26. The number of amides is 1. The van der Waals surface area contributed by atoms with Crippen LogP contribution in [0.5, 0.6) is 5.75 Å². The Labute approximate surface area is 160 Å². The molecule has 0 unspecified atom stereocenters. The van der Waals surface area contributed by atoms with Crippen LogP contribution in [0.1, 0.15) is 36.8 Å². The number of hydrogen-bond donors (Lipinski definition) is 1. The number of carbonyl (C=O) groups is 1. The summed E-state index contributed by atoms with van der Waals surface area (Å²) in [6, 6.07) is 6.25. The summed E-state index contributed by atoms with van der Waals surface area (Å²) in [5, 5.41) is 7.20. The highest BCUT2D eigenvalue weighted by atomic mass is 16.5. The highest BCUT2D eigenvalue weighted by Gasteiger charge is 2.37. The van der Waals surface area contributed by atoms with Crippen LogP contribution in [0.25, 0.3) is 0 Å². The monoisotopic (exact) mass is 372 g/mol. The first-order chi connectivity index (χ1) is 13.1. The molecule has 1 N–H and O–H groups in total. The van der Waals surface area contributed by atoms with E-state index in [1.807, 2.05) is 6.07 Å². The molecule has 7 nitrogen and oxygen atoms in total. The van der Waals surface area contributed by atoms with Crippen LogP contribution in [0, 0.1) is 6.92 Å². The number of carbonyl (C=O) groups excluding carboxylic acids is 1. The Morgan fingerprint density at radius 3 is 2.89 bits per heavy atom. The second kappa shape index (κ2) is 8.99. The number of hydrogen-bond acceptors (Lipinski definition) is 5. The molecule has 1 fully saturated rings. The van der Waals surface area contributed by atoms with Crippen molar-refractivity contribution in [3.8, 4) is 5.75 Å². The van der Waals surface area contributed by atoms with E-state index in [-0.39, 0.29) is 11.3 Å². The minimum atomic E-state index is -0.156. The zero-order valence-corrected chi connectivity index (χ0v) is 16.1. The number of aryl methyl sites for hydroxylation is 2. The van der Waals surface area contributed by atoms with E-state index >= 15 is 0 Å². The van der Waals surface area contributed by atoms with Crippen LogP contribution in [0.4, 0.5) is 0 Å². The minimum Gasteiger partial charge on any atom is -0.496 e. The number of methoxy groups -OCH3 is 1. The van der Waals surface area contributed by atoms with Crippen molar-refractivity contribution in [2.75, 3.05) is 26.9 Å². The van der Waals surface area contributed by atoms with E-state index in [1.54, 1.807) is 18.1 Å². The molecule has 0 saturated carbocycles. The summed E-state index contributed by atoms with van der Waals surface area (Å²) >= 11 is 0. The topological polar surface area (TPSA) is 78.3 Å². The van der Waals surface area contributed by atoms with Gasteiger partial charge in [-0.2, -0.15) is 5.10 Å². The molecule has 1 aromatic heterocycles. The van der Waals surface area contributed by atoms with Crippen molar-refractivity contribution in [3.63, 3.8) is 0 Å². The maximum absolute atomic E-state index is 12.4. The van der Waals surface area contributed by atoms with Crippen molar-refractivity contribution in [1.29, 1.82) is 0 Å². The summed E-state index contributed by atoms with van der Waals surface area (Å²) < 4.78 is 13.0. The Hall–Kier alpha value is -2.41. The molecule has 146 valence electrons. The molecule has 0 bridgehead atoms. The lowest BCUT2D eigenvalue weighted by Crippen LogP contribution is -2.44. The van der Waals surface area contributed by atoms with Crippen LogP contribution < -0.4 is 10.1 Å². The fourth-order valence-electron chi connectivity index (χ4n) is 3.65. The lowest BCUT2D eigenvalue weighted by Gasteiger charge is -2.39. The van der Waals surface area contributed by atoms with E-state index in [0.717, 1.165) is 30.6 Å². The highest BCUT2D eigenvalue weighted by molar-refractivity contribution is 5.76. The number of benzene rings is 1. The van der Waals surface area contributed by atoms with Crippen molar-refractivity contribution in [3.05, 3.63) is 42.0 Å². The zero-order valence-electron chi connectivity index (χ0n) is 16.1. The second-order valence-corrected chi connectivity index (χ2v) is 7.14. The van der Waals surface area contributed by atoms with Crippen LogP contribution in [-0.2, 0) is 21.5 Å². The number of nitrogens with one attached hydrogen (secondary N) is 1. The summed E-state index contributed by atoms with van der Waals surface area (Å²) in [5.74, 6) is 0.940. The molecule has 0 spiro atoms. The predicted octanol–water partition coefficient (Wildman–Crippen LogP) is 2.24. The average Bonchev–Trinajstić information content (AvgIpc) is 3.20. The Balaban J connectivity index is 1.64. The first-order valence-corrected chi connectivity index (χ1v) is 9.45. The van der Waals surface area contributed by atoms with Crippen LogP contribution in [-0.4, -0.2) is 47.5 Å². The standard InChI is InChI=1S/C20H28N4O3/c1-16-5-6-18(26-2)17(12-16)20(7-10-27-11-8-20)13-22-19(25)4-3-9-24-15-21-14-23-24/h5-6,12,14-15H,3-4,7-11,13H2,1-2H3,(H,22,25). The van der Waals surface area contributed by atoms with E-state index in [0.29, 0.717) is 32.7 Å². The molecule has 1 aliphatic heterocycles. The van der Waals surface area contributed by atoms with E-state index in [2.05, 4.69) is 34.5 Å². The SMILES string of the molecule is COc1ccc(C)cc1C1(CNC(=O)CCCn2cncn2)CCOCC1. The summed E-state index contributed by atoms with van der Waals surface area (Å²) in [6.07, 6.45) is 6.11. The molecule has 0 atom stereocenters. The van der Waals surface area contributed by atoms with Crippen molar-refractivity contribution >= 4 is 5.91 Å². The van der Waals surface area contributed by atoms with Crippen molar-refractivity contribution < 1.29 is 14.3 Å². The predicted molar refractivity (Wildman–Crippen MR) is 102 cm³/mol.